The van der Waals surface area contributed by atoms with E-state index in [1.807, 2.05) is 38.2 Å². The van der Waals surface area contributed by atoms with Gasteiger partial charge in [0, 0.05) is 24.0 Å². The van der Waals surface area contributed by atoms with E-state index < -0.39 is 0 Å². The summed E-state index contributed by atoms with van der Waals surface area (Å²) < 4.78 is 0. The van der Waals surface area contributed by atoms with Gasteiger partial charge in [0.1, 0.15) is 5.82 Å². The number of amides is 1. The van der Waals surface area contributed by atoms with E-state index >= 15 is 0 Å². The molecule has 2 aromatic rings. The van der Waals surface area contributed by atoms with Gasteiger partial charge in [-0.25, -0.2) is 4.98 Å². The maximum absolute atomic E-state index is 12.0. The van der Waals surface area contributed by atoms with E-state index in [4.69, 9.17) is 0 Å². The van der Waals surface area contributed by atoms with Gasteiger partial charge in [-0.2, -0.15) is 0 Å². The number of nitrogens with zero attached hydrogens (tertiary/aromatic N) is 1. The molecule has 0 fully saturated rings. The third kappa shape index (κ3) is 2.85. The fourth-order valence-corrected chi connectivity index (χ4v) is 1.59. The van der Waals surface area contributed by atoms with Crippen LogP contribution >= 0.6 is 0 Å². The number of aryl methyl sites for hydroxylation is 1. The number of rotatable bonds is 3. The molecule has 0 bridgehead atoms. The lowest BCUT2D eigenvalue weighted by molar-refractivity contribution is 0.102. The molecule has 2 N–H and O–H groups in total. The van der Waals surface area contributed by atoms with Crippen molar-refractivity contribution in [1.82, 2.24) is 4.98 Å². The van der Waals surface area contributed by atoms with Crippen LogP contribution in [0.3, 0.4) is 0 Å². The minimum Gasteiger partial charge on any atom is -0.388 e. The average Bonchev–Trinajstić information content (AvgIpc) is 2.39. The number of nitrogens with one attached hydrogen (secondary N) is 2. The van der Waals surface area contributed by atoms with Crippen molar-refractivity contribution in [3.63, 3.8) is 0 Å². The fourth-order valence-electron chi connectivity index (χ4n) is 1.59. The molecule has 0 aliphatic rings. The number of carbonyl (C=O) groups is 1. The van der Waals surface area contributed by atoms with E-state index in [-0.39, 0.29) is 5.91 Å². The van der Waals surface area contributed by atoms with E-state index in [0.29, 0.717) is 11.4 Å². The summed E-state index contributed by atoms with van der Waals surface area (Å²) in [6, 6.07) is 12.8. The molecule has 1 aromatic carbocycles. The van der Waals surface area contributed by atoms with Crippen molar-refractivity contribution < 1.29 is 4.79 Å². The first kappa shape index (κ1) is 12.1. The van der Waals surface area contributed by atoms with Gasteiger partial charge in [-0.3, -0.25) is 4.79 Å². The number of hydrogen-bond acceptors (Lipinski definition) is 3. The molecule has 1 aromatic heterocycles. The molecule has 1 heterocycles. The van der Waals surface area contributed by atoms with Crippen molar-refractivity contribution in [1.29, 1.82) is 0 Å². The molecule has 4 nitrogen and oxygen atoms in total. The molecule has 18 heavy (non-hydrogen) atoms. The lowest BCUT2D eigenvalue weighted by Gasteiger charge is -2.06. The van der Waals surface area contributed by atoms with E-state index in [9.17, 15) is 4.79 Å². The minimum atomic E-state index is -0.157. The highest BCUT2D eigenvalue weighted by molar-refractivity contribution is 6.03. The van der Waals surface area contributed by atoms with Gasteiger partial charge >= 0.3 is 0 Å². The number of aromatic nitrogens is 1. The summed E-state index contributed by atoms with van der Waals surface area (Å²) >= 11 is 0. The second-order valence-electron chi connectivity index (χ2n) is 3.95. The third-order valence-corrected chi connectivity index (χ3v) is 2.57. The van der Waals surface area contributed by atoms with Gasteiger partial charge < -0.3 is 10.6 Å². The number of carbonyl (C=O) groups excluding carboxylic acids is 1. The van der Waals surface area contributed by atoms with Gasteiger partial charge in [0.15, 0.2) is 0 Å². The number of hydrogen-bond donors (Lipinski definition) is 2. The first-order valence-corrected chi connectivity index (χ1v) is 5.72. The Morgan fingerprint density at radius 3 is 2.44 bits per heavy atom. The molecule has 1 amide bonds. The summed E-state index contributed by atoms with van der Waals surface area (Å²) in [7, 11) is 1.84. The van der Waals surface area contributed by atoms with Crippen LogP contribution < -0.4 is 10.6 Å². The molecule has 2 rings (SSSR count). The predicted molar refractivity (Wildman–Crippen MR) is 72.9 cm³/mol. The maximum Gasteiger partial charge on any atom is 0.256 e. The largest absolute Gasteiger partial charge is 0.388 e. The number of anilines is 2. The lowest BCUT2D eigenvalue weighted by Crippen LogP contribution is -2.13. The van der Waals surface area contributed by atoms with Crippen LogP contribution in [-0.4, -0.2) is 17.9 Å². The standard InChI is InChI=1S/C14H15N3O/c1-10-4-3-5-13(16-10)17-14(18)11-6-8-12(15-2)9-7-11/h3-9,15H,1-2H3,(H,16,17,18). The second kappa shape index (κ2) is 5.31. The SMILES string of the molecule is CNc1ccc(C(=O)Nc2cccc(C)n2)cc1. The monoisotopic (exact) mass is 241 g/mol. The molecule has 0 saturated carbocycles. The Labute approximate surface area is 106 Å². The van der Waals surface area contributed by atoms with E-state index in [0.717, 1.165) is 11.4 Å². The Kier molecular flexibility index (Phi) is 3.57. The molecule has 0 radical (unpaired) electrons. The highest BCUT2D eigenvalue weighted by Gasteiger charge is 2.06. The van der Waals surface area contributed by atoms with Crippen LogP contribution in [0.5, 0.6) is 0 Å². The van der Waals surface area contributed by atoms with Crippen LogP contribution in [0.15, 0.2) is 42.5 Å². The summed E-state index contributed by atoms with van der Waals surface area (Å²) in [5, 5.41) is 5.77. The first-order chi connectivity index (χ1) is 8.69. The van der Waals surface area contributed by atoms with Crippen LogP contribution in [0.4, 0.5) is 11.5 Å². The van der Waals surface area contributed by atoms with Crippen molar-refractivity contribution in [3.05, 3.63) is 53.7 Å². The molecule has 0 unspecified atom stereocenters. The Bertz CT molecular complexity index is 549. The van der Waals surface area contributed by atoms with Crippen LogP contribution in [0, 0.1) is 6.92 Å². The topological polar surface area (TPSA) is 54.0 Å². The molecule has 92 valence electrons. The summed E-state index contributed by atoms with van der Waals surface area (Å²) in [4.78, 5) is 16.2. The molecule has 0 aliphatic carbocycles. The Morgan fingerprint density at radius 1 is 1.11 bits per heavy atom. The van der Waals surface area contributed by atoms with Crippen molar-refractivity contribution in [2.24, 2.45) is 0 Å². The normalized spacial score (nSPS) is 9.89. The van der Waals surface area contributed by atoms with Crippen LogP contribution in [0.1, 0.15) is 16.1 Å². The molecule has 4 heteroatoms. The van der Waals surface area contributed by atoms with Gasteiger partial charge in [0.05, 0.1) is 0 Å². The first-order valence-electron chi connectivity index (χ1n) is 5.72. The van der Waals surface area contributed by atoms with Crippen LogP contribution in [0.2, 0.25) is 0 Å². The number of pyridine rings is 1. The van der Waals surface area contributed by atoms with Gasteiger partial charge in [-0.15, -0.1) is 0 Å². The molecule has 0 saturated heterocycles. The Balaban J connectivity index is 2.11. The highest BCUT2D eigenvalue weighted by atomic mass is 16.1. The summed E-state index contributed by atoms with van der Waals surface area (Å²) in [6.07, 6.45) is 0. The predicted octanol–water partition coefficient (Wildman–Crippen LogP) is 2.68. The van der Waals surface area contributed by atoms with Crippen molar-refractivity contribution in [2.45, 2.75) is 6.92 Å². The van der Waals surface area contributed by atoms with E-state index in [2.05, 4.69) is 15.6 Å². The Hall–Kier alpha value is -2.36. The second-order valence-corrected chi connectivity index (χ2v) is 3.95. The fraction of sp³-hybridized carbons (Fsp3) is 0.143. The molecule has 0 atom stereocenters. The van der Waals surface area contributed by atoms with Crippen molar-refractivity contribution in [3.8, 4) is 0 Å². The highest BCUT2D eigenvalue weighted by Crippen LogP contribution is 2.11. The molecule has 0 aliphatic heterocycles. The molecular formula is C14H15N3O. The zero-order chi connectivity index (χ0) is 13.0. The zero-order valence-electron chi connectivity index (χ0n) is 10.4. The maximum atomic E-state index is 12.0. The molecular weight excluding hydrogens is 226 g/mol. The van der Waals surface area contributed by atoms with Crippen LogP contribution in [-0.2, 0) is 0 Å². The van der Waals surface area contributed by atoms with Crippen molar-refractivity contribution >= 4 is 17.4 Å². The van der Waals surface area contributed by atoms with Crippen LogP contribution in [0.25, 0.3) is 0 Å². The van der Waals surface area contributed by atoms with Crippen molar-refractivity contribution in [2.75, 3.05) is 17.7 Å². The third-order valence-electron chi connectivity index (χ3n) is 2.57. The quantitative estimate of drug-likeness (QED) is 0.868. The zero-order valence-corrected chi connectivity index (χ0v) is 10.4. The number of benzene rings is 1. The lowest BCUT2D eigenvalue weighted by atomic mass is 10.2. The summed E-state index contributed by atoms with van der Waals surface area (Å²) in [5.41, 5.74) is 2.45. The van der Waals surface area contributed by atoms with E-state index in [1.54, 1.807) is 18.2 Å². The van der Waals surface area contributed by atoms with Gasteiger partial charge in [-0.05, 0) is 43.3 Å². The van der Waals surface area contributed by atoms with Gasteiger partial charge in [0.2, 0.25) is 0 Å². The average molecular weight is 241 g/mol. The molecule has 0 spiro atoms. The van der Waals surface area contributed by atoms with Gasteiger partial charge in [-0.1, -0.05) is 6.07 Å². The Morgan fingerprint density at radius 2 is 1.83 bits per heavy atom. The minimum absolute atomic E-state index is 0.157. The smallest absolute Gasteiger partial charge is 0.256 e. The summed E-state index contributed by atoms with van der Waals surface area (Å²) in [6.45, 7) is 1.89. The van der Waals surface area contributed by atoms with E-state index in [1.165, 1.54) is 0 Å². The van der Waals surface area contributed by atoms with Gasteiger partial charge in [0.25, 0.3) is 5.91 Å². The summed E-state index contributed by atoms with van der Waals surface area (Å²) in [5.74, 6) is 0.411.